The van der Waals surface area contributed by atoms with E-state index in [2.05, 4.69) is 20.5 Å². The molecule has 0 aromatic heterocycles. The Hall–Kier alpha value is -4.24. The van der Waals surface area contributed by atoms with Gasteiger partial charge in [-0.2, -0.15) is 32.2 Å². The Bertz CT molecular complexity index is 1810. The van der Waals surface area contributed by atoms with Crippen LogP contribution in [-0.2, 0) is 20.2 Å². The molecule has 12 nitrogen and oxygen atoms in total. The molecule has 5 N–H and O–H groups in total. The Morgan fingerprint density at radius 2 is 1.38 bits per heavy atom. The van der Waals surface area contributed by atoms with Crippen molar-refractivity contribution in [1.82, 2.24) is 0 Å². The van der Waals surface area contributed by atoms with Gasteiger partial charge in [-0.1, -0.05) is 18.2 Å². The highest BCUT2D eigenvalue weighted by atomic mass is 32.2. The highest BCUT2D eigenvalue weighted by Gasteiger charge is 2.24. The largest absolute Gasteiger partial charge is 0.507 e. The number of aromatic hydroxyl groups is 1. The van der Waals surface area contributed by atoms with Crippen LogP contribution in [0.5, 0.6) is 5.75 Å². The molecule has 0 saturated heterocycles. The second kappa shape index (κ2) is 9.67. The number of rotatable bonds is 6. The summed E-state index contributed by atoms with van der Waals surface area (Å²) in [6.45, 7) is 1.78. The molecule has 0 saturated carbocycles. The number of benzene rings is 4. The van der Waals surface area contributed by atoms with Gasteiger partial charge < -0.3 is 10.8 Å². The van der Waals surface area contributed by atoms with Crippen molar-refractivity contribution in [3.05, 3.63) is 72.3 Å². The number of nitrogens with zero attached hydrogens (tertiary/aromatic N) is 4. The van der Waals surface area contributed by atoms with Gasteiger partial charge >= 0.3 is 0 Å². The fourth-order valence-electron chi connectivity index (χ4n) is 3.46. The van der Waals surface area contributed by atoms with E-state index in [0.29, 0.717) is 23.1 Å². The normalized spacial score (nSPS) is 12.6. The van der Waals surface area contributed by atoms with Crippen LogP contribution >= 0.6 is 0 Å². The van der Waals surface area contributed by atoms with Crippen LogP contribution in [0.15, 0.2) is 97.0 Å². The number of aryl methyl sites for hydroxylation is 1. The third-order valence-corrected chi connectivity index (χ3v) is 6.95. The predicted molar refractivity (Wildman–Crippen MR) is 136 cm³/mol. The number of azo groups is 2. The van der Waals surface area contributed by atoms with Gasteiger partial charge in [-0.25, -0.2) is 0 Å². The van der Waals surface area contributed by atoms with Crippen LogP contribution in [0.1, 0.15) is 5.56 Å². The summed E-state index contributed by atoms with van der Waals surface area (Å²) in [5.74, 6) is -0.756. The fraction of sp³-hybridized carbons (Fsp3) is 0.0435. The Labute approximate surface area is 211 Å². The minimum absolute atomic E-state index is 0.222. The molecule has 14 heteroatoms. The summed E-state index contributed by atoms with van der Waals surface area (Å²) in [4.78, 5) is -1.59. The van der Waals surface area contributed by atoms with E-state index >= 15 is 0 Å². The molecule has 0 aliphatic heterocycles. The summed E-state index contributed by atoms with van der Waals surface area (Å²) < 4.78 is 66.1. The molecule has 37 heavy (non-hydrogen) atoms. The van der Waals surface area contributed by atoms with E-state index in [1.165, 1.54) is 0 Å². The second-order valence-electron chi connectivity index (χ2n) is 7.83. The van der Waals surface area contributed by atoms with Gasteiger partial charge in [-0.3, -0.25) is 9.11 Å². The maximum Gasteiger partial charge on any atom is 0.295 e. The van der Waals surface area contributed by atoms with E-state index in [9.17, 15) is 31.0 Å². The van der Waals surface area contributed by atoms with Crippen LogP contribution < -0.4 is 5.73 Å². The number of anilines is 1. The van der Waals surface area contributed by atoms with E-state index in [1.807, 2.05) is 18.2 Å². The van der Waals surface area contributed by atoms with Crippen molar-refractivity contribution >= 4 is 59.4 Å². The third kappa shape index (κ3) is 5.62. The zero-order valence-electron chi connectivity index (χ0n) is 19.0. The van der Waals surface area contributed by atoms with Crippen molar-refractivity contribution < 1.29 is 31.0 Å². The maximum atomic E-state index is 12.0. The molecule has 4 rings (SSSR count). The third-order valence-electron chi connectivity index (χ3n) is 5.23. The zero-order valence-corrected chi connectivity index (χ0v) is 20.6. The topological polar surface area (TPSA) is 204 Å². The Morgan fingerprint density at radius 3 is 2.00 bits per heavy atom. The smallest absolute Gasteiger partial charge is 0.295 e. The van der Waals surface area contributed by atoms with Crippen molar-refractivity contribution in [2.45, 2.75) is 16.7 Å². The van der Waals surface area contributed by atoms with Gasteiger partial charge in [0.1, 0.15) is 16.3 Å². The Kier molecular flexibility index (Phi) is 6.75. The average Bonchev–Trinajstić information content (AvgIpc) is 2.82. The lowest BCUT2D eigenvalue weighted by atomic mass is 10.1. The first-order valence-electron chi connectivity index (χ1n) is 10.4. The number of hydrogen-bond donors (Lipinski definition) is 4. The zero-order chi connectivity index (χ0) is 27.0. The van der Waals surface area contributed by atoms with Crippen LogP contribution in [-0.4, -0.2) is 31.0 Å². The first kappa shape index (κ1) is 25.8. The van der Waals surface area contributed by atoms with E-state index in [1.54, 1.807) is 37.3 Å². The van der Waals surface area contributed by atoms with Crippen LogP contribution in [0, 0.1) is 6.92 Å². The van der Waals surface area contributed by atoms with Crippen LogP contribution in [0.25, 0.3) is 10.8 Å². The summed E-state index contributed by atoms with van der Waals surface area (Å²) in [5.41, 5.74) is 7.95. The van der Waals surface area contributed by atoms with Crippen molar-refractivity contribution in [1.29, 1.82) is 0 Å². The number of phenols is 1. The first-order chi connectivity index (χ1) is 17.3. The molecule has 0 amide bonds. The summed E-state index contributed by atoms with van der Waals surface area (Å²) in [5, 5.41) is 26.0. The van der Waals surface area contributed by atoms with Gasteiger partial charge in [-0.15, -0.1) is 5.11 Å². The molecule has 0 fully saturated rings. The number of fused-ring (bicyclic) bond motifs is 1. The number of phenolic OH excluding ortho intramolecular Hbond substituents is 1. The highest BCUT2D eigenvalue weighted by molar-refractivity contribution is 7.86. The molecule has 0 bridgehead atoms. The second-order valence-corrected chi connectivity index (χ2v) is 10.6. The molecule has 4 aromatic carbocycles. The molecule has 0 radical (unpaired) electrons. The Morgan fingerprint density at radius 1 is 0.730 bits per heavy atom. The first-order valence-corrected chi connectivity index (χ1v) is 13.3. The van der Waals surface area contributed by atoms with E-state index < -0.39 is 41.2 Å². The molecule has 0 aliphatic rings. The van der Waals surface area contributed by atoms with Gasteiger partial charge in [0, 0.05) is 11.5 Å². The minimum atomic E-state index is -4.94. The molecule has 0 spiro atoms. The SMILES string of the molecule is Cc1cc(N=Nc2cc(S(=O)(=O)O)c3cc(S(=O)(=O)O)cc(O)c3c2N)ccc1N=Nc1ccccc1. The minimum Gasteiger partial charge on any atom is -0.507 e. The van der Waals surface area contributed by atoms with Crippen LogP contribution in [0.3, 0.4) is 0 Å². The van der Waals surface area contributed by atoms with Crippen LogP contribution in [0.4, 0.5) is 28.4 Å². The van der Waals surface area contributed by atoms with E-state index in [4.69, 9.17) is 5.73 Å². The highest BCUT2D eigenvalue weighted by Crippen LogP contribution is 2.42. The summed E-state index contributed by atoms with van der Waals surface area (Å²) in [7, 11) is -9.75. The van der Waals surface area contributed by atoms with E-state index in [0.717, 1.165) is 17.7 Å². The molecular weight excluding hydrogens is 522 g/mol. The average molecular weight is 542 g/mol. The molecule has 0 atom stereocenters. The van der Waals surface area contributed by atoms with Crippen molar-refractivity contribution in [3.63, 3.8) is 0 Å². The van der Waals surface area contributed by atoms with Crippen molar-refractivity contribution in [2.75, 3.05) is 5.73 Å². The fourth-order valence-corrected chi connectivity index (χ4v) is 4.69. The Balaban J connectivity index is 1.76. The monoisotopic (exact) mass is 541 g/mol. The van der Waals surface area contributed by atoms with E-state index in [-0.39, 0.29) is 16.8 Å². The summed E-state index contributed by atoms with van der Waals surface area (Å²) in [6.07, 6.45) is 0. The standard InChI is InChI=1S/C23H19N5O7S2/c1-13-9-15(7-8-18(13)27-25-14-5-3-2-4-6-14)26-28-19-12-21(37(33,34)35)17-10-16(36(30,31)32)11-20(29)22(17)23(19)24/h2-12,29H,24H2,1H3,(H,30,31,32)(H,33,34,35). The maximum absolute atomic E-state index is 12.0. The van der Waals surface area contributed by atoms with Crippen molar-refractivity contribution in [3.8, 4) is 5.75 Å². The molecular formula is C23H19N5O7S2. The summed E-state index contributed by atoms with van der Waals surface area (Å²) in [6, 6.07) is 16.4. The molecule has 190 valence electrons. The number of nitrogens with two attached hydrogens (primary N) is 1. The molecule has 0 unspecified atom stereocenters. The van der Waals surface area contributed by atoms with Crippen molar-refractivity contribution in [2.24, 2.45) is 20.5 Å². The molecule has 0 aliphatic carbocycles. The molecule has 0 heterocycles. The van der Waals surface area contributed by atoms with Gasteiger partial charge in [0.05, 0.1) is 33.0 Å². The lowest BCUT2D eigenvalue weighted by Gasteiger charge is -2.12. The number of nitrogen functional groups attached to an aromatic ring is 1. The van der Waals surface area contributed by atoms with Gasteiger partial charge in [0.15, 0.2) is 0 Å². The van der Waals surface area contributed by atoms with Gasteiger partial charge in [0.25, 0.3) is 20.2 Å². The predicted octanol–water partition coefficient (Wildman–Crippen LogP) is 5.76. The van der Waals surface area contributed by atoms with Gasteiger partial charge in [0.2, 0.25) is 0 Å². The van der Waals surface area contributed by atoms with Gasteiger partial charge in [-0.05, 0) is 55.0 Å². The quantitative estimate of drug-likeness (QED) is 0.134. The summed E-state index contributed by atoms with van der Waals surface area (Å²) >= 11 is 0. The number of hydrogen-bond acceptors (Lipinski definition) is 10. The van der Waals surface area contributed by atoms with Crippen LogP contribution in [0.2, 0.25) is 0 Å². The lowest BCUT2D eigenvalue weighted by molar-refractivity contribution is 0.470. The lowest BCUT2D eigenvalue weighted by Crippen LogP contribution is -2.04. The molecule has 4 aromatic rings.